The zero-order valence-corrected chi connectivity index (χ0v) is 12.7. The second-order valence-corrected chi connectivity index (χ2v) is 5.79. The van der Waals surface area contributed by atoms with Crippen molar-refractivity contribution in [1.29, 1.82) is 0 Å². The number of fused-ring (bicyclic) bond motifs is 1. The number of aryl methyl sites for hydroxylation is 1. The van der Waals surface area contributed by atoms with Crippen LogP contribution in [0.15, 0.2) is 36.5 Å². The maximum absolute atomic E-state index is 10.4. The second kappa shape index (κ2) is 5.86. The Bertz CT molecular complexity index is 622. The first-order valence-corrected chi connectivity index (χ1v) is 7.63. The van der Waals surface area contributed by atoms with Gasteiger partial charge in [-0.25, -0.2) is 0 Å². The standard InChI is InChI=1S/C18H22N2O/c1-3-13-4-6-16(19-12-13)11-18(21)15-5-7-17-14(10-15)8-9-20(17)2/h4-7,10,12,18,21H,3,8-9,11H2,1-2H3. The van der Waals surface area contributed by atoms with Crippen molar-refractivity contribution in [1.82, 2.24) is 4.98 Å². The molecule has 1 N–H and O–H groups in total. The Kier molecular flexibility index (Phi) is 3.93. The van der Waals surface area contributed by atoms with Gasteiger partial charge in [-0.2, -0.15) is 0 Å². The highest BCUT2D eigenvalue weighted by Crippen LogP contribution is 2.30. The molecule has 1 atom stereocenters. The summed E-state index contributed by atoms with van der Waals surface area (Å²) < 4.78 is 0. The molecule has 1 unspecified atom stereocenters. The number of nitrogens with zero attached hydrogens (tertiary/aromatic N) is 2. The number of hydrogen-bond acceptors (Lipinski definition) is 3. The predicted molar refractivity (Wildman–Crippen MR) is 85.7 cm³/mol. The van der Waals surface area contributed by atoms with Crippen LogP contribution in [0.5, 0.6) is 0 Å². The minimum Gasteiger partial charge on any atom is -0.388 e. The third kappa shape index (κ3) is 2.93. The number of rotatable bonds is 4. The van der Waals surface area contributed by atoms with E-state index in [9.17, 15) is 5.11 Å². The summed E-state index contributed by atoms with van der Waals surface area (Å²) in [5.41, 5.74) is 5.79. The molecule has 0 aliphatic carbocycles. The first-order valence-electron chi connectivity index (χ1n) is 7.63. The molecule has 0 saturated carbocycles. The van der Waals surface area contributed by atoms with Gasteiger partial charge in [-0.1, -0.05) is 25.1 Å². The maximum Gasteiger partial charge on any atom is 0.0845 e. The van der Waals surface area contributed by atoms with Crippen LogP contribution in [-0.2, 0) is 19.3 Å². The van der Waals surface area contributed by atoms with Gasteiger partial charge in [0.2, 0.25) is 0 Å². The van der Waals surface area contributed by atoms with Crippen molar-refractivity contribution < 1.29 is 5.11 Å². The number of aliphatic hydroxyl groups excluding tert-OH is 1. The van der Waals surface area contributed by atoms with Gasteiger partial charge in [0.05, 0.1) is 6.10 Å². The third-order valence-electron chi connectivity index (χ3n) is 4.31. The minimum absolute atomic E-state index is 0.485. The van der Waals surface area contributed by atoms with Crippen LogP contribution >= 0.6 is 0 Å². The Labute approximate surface area is 126 Å². The van der Waals surface area contributed by atoms with Gasteiger partial charge in [0.25, 0.3) is 0 Å². The molecule has 3 rings (SSSR count). The molecular formula is C18H22N2O. The molecule has 3 nitrogen and oxygen atoms in total. The van der Waals surface area contributed by atoms with Crippen LogP contribution in [0.1, 0.15) is 35.4 Å². The topological polar surface area (TPSA) is 36.4 Å². The smallest absolute Gasteiger partial charge is 0.0845 e. The SMILES string of the molecule is CCc1ccc(CC(O)c2ccc3c(c2)CCN3C)nc1. The lowest BCUT2D eigenvalue weighted by Crippen LogP contribution is -2.12. The quantitative estimate of drug-likeness (QED) is 0.936. The fourth-order valence-corrected chi connectivity index (χ4v) is 2.89. The maximum atomic E-state index is 10.4. The fraction of sp³-hybridized carbons (Fsp3) is 0.389. The average molecular weight is 282 g/mol. The van der Waals surface area contributed by atoms with Crippen LogP contribution in [0.25, 0.3) is 0 Å². The molecule has 0 spiro atoms. The molecule has 0 bridgehead atoms. The van der Waals surface area contributed by atoms with E-state index in [0.717, 1.165) is 30.6 Å². The largest absolute Gasteiger partial charge is 0.388 e. The van der Waals surface area contributed by atoms with Gasteiger partial charge in [0.1, 0.15) is 0 Å². The average Bonchev–Trinajstić information content (AvgIpc) is 2.89. The fourth-order valence-electron chi connectivity index (χ4n) is 2.89. The van der Waals surface area contributed by atoms with Crippen molar-refractivity contribution in [2.45, 2.75) is 32.3 Å². The number of pyridine rings is 1. The van der Waals surface area contributed by atoms with Crippen molar-refractivity contribution in [3.63, 3.8) is 0 Å². The molecule has 0 fully saturated rings. The van der Waals surface area contributed by atoms with E-state index in [0.29, 0.717) is 6.42 Å². The van der Waals surface area contributed by atoms with Gasteiger partial charge in [-0.15, -0.1) is 0 Å². The minimum atomic E-state index is -0.485. The van der Waals surface area contributed by atoms with Crippen LogP contribution in [0.2, 0.25) is 0 Å². The summed E-state index contributed by atoms with van der Waals surface area (Å²) >= 11 is 0. The van der Waals surface area contributed by atoms with E-state index >= 15 is 0 Å². The molecular weight excluding hydrogens is 260 g/mol. The number of anilines is 1. The van der Waals surface area contributed by atoms with Gasteiger partial charge in [-0.05, 0) is 41.7 Å². The molecule has 1 aromatic carbocycles. The molecule has 1 aliphatic heterocycles. The first-order chi connectivity index (χ1) is 10.2. The van der Waals surface area contributed by atoms with Crippen molar-refractivity contribution in [2.75, 3.05) is 18.5 Å². The van der Waals surface area contributed by atoms with E-state index in [-0.39, 0.29) is 0 Å². The van der Waals surface area contributed by atoms with E-state index in [1.54, 1.807) is 0 Å². The number of benzene rings is 1. The lowest BCUT2D eigenvalue weighted by molar-refractivity contribution is 0.177. The zero-order valence-electron chi connectivity index (χ0n) is 12.7. The van der Waals surface area contributed by atoms with Crippen LogP contribution < -0.4 is 4.90 Å². The molecule has 3 heteroatoms. The highest BCUT2D eigenvalue weighted by molar-refractivity contribution is 5.58. The highest BCUT2D eigenvalue weighted by Gasteiger charge is 2.18. The van der Waals surface area contributed by atoms with Crippen LogP contribution in [0, 0.1) is 0 Å². The molecule has 2 aromatic rings. The van der Waals surface area contributed by atoms with Crippen molar-refractivity contribution in [2.24, 2.45) is 0 Å². The van der Waals surface area contributed by atoms with Crippen molar-refractivity contribution in [3.05, 3.63) is 58.9 Å². The summed E-state index contributed by atoms with van der Waals surface area (Å²) in [4.78, 5) is 6.69. The van der Waals surface area contributed by atoms with Gasteiger partial charge < -0.3 is 10.0 Å². The normalized spacial score (nSPS) is 15.1. The molecule has 0 amide bonds. The van der Waals surface area contributed by atoms with E-state index in [4.69, 9.17) is 0 Å². The van der Waals surface area contributed by atoms with Crippen LogP contribution in [0.4, 0.5) is 5.69 Å². The van der Waals surface area contributed by atoms with Crippen LogP contribution in [0.3, 0.4) is 0 Å². The molecule has 0 radical (unpaired) electrons. The lowest BCUT2D eigenvalue weighted by atomic mass is 10.0. The first kappa shape index (κ1) is 14.1. The number of hydrogen-bond donors (Lipinski definition) is 1. The van der Waals surface area contributed by atoms with Gasteiger partial charge in [0, 0.05) is 37.6 Å². The molecule has 1 aromatic heterocycles. The zero-order chi connectivity index (χ0) is 14.8. The highest BCUT2D eigenvalue weighted by atomic mass is 16.3. The van der Waals surface area contributed by atoms with Gasteiger partial charge in [-0.3, -0.25) is 4.98 Å². The predicted octanol–water partition coefficient (Wildman–Crippen LogP) is 2.91. The third-order valence-corrected chi connectivity index (χ3v) is 4.31. The Hall–Kier alpha value is -1.87. The van der Waals surface area contributed by atoms with E-state index in [1.165, 1.54) is 16.8 Å². The number of likely N-dealkylation sites (N-methyl/N-ethyl adjacent to an activating group) is 1. The lowest BCUT2D eigenvalue weighted by Gasteiger charge is -2.15. The summed E-state index contributed by atoms with van der Waals surface area (Å²) in [5, 5.41) is 10.4. The summed E-state index contributed by atoms with van der Waals surface area (Å²) in [6.07, 6.45) is 4.05. The Morgan fingerprint density at radius 3 is 2.86 bits per heavy atom. The van der Waals surface area contributed by atoms with Gasteiger partial charge in [0.15, 0.2) is 0 Å². The Morgan fingerprint density at radius 2 is 2.14 bits per heavy atom. The Morgan fingerprint density at radius 1 is 1.29 bits per heavy atom. The van der Waals surface area contributed by atoms with Crippen LogP contribution in [-0.4, -0.2) is 23.7 Å². The molecule has 2 heterocycles. The monoisotopic (exact) mass is 282 g/mol. The molecule has 0 saturated heterocycles. The van der Waals surface area contributed by atoms with E-state index in [2.05, 4.69) is 42.1 Å². The number of aromatic nitrogens is 1. The number of aliphatic hydroxyl groups is 1. The van der Waals surface area contributed by atoms with Crippen molar-refractivity contribution >= 4 is 5.69 Å². The molecule has 1 aliphatic rings. The summed E-state index contributed by atoms with van der Waals surface area (Å²) in [5.74, 6) is 0. The van der Waals surface area contributed by atoms with E-state index in [1.807, 2.05) is 18.3 Å². The molecule has 21 heavy (non-hydrogen) atoms. The summed E-state index contributed by atoms with van der Waals surface area (Å²) in [7, 11) is 2.11. The summed E-state index contributed by atoms with van der Waals surface area (Å²) in [6, 6.07) is 10.4. The Balaban J connectivity index is 1.74. The molecule has 110 valence electrons. The van der Waals surface area contributed by atoms with E-state index < -0.39 is 6.10 Å². The van der Waals surface area contributed by atoms with Gasteiger partial charge >= 0.3 is 0 Å². The van der Waals surface area contributed by atoms with Crippen molar-refractivity contribution in [3.8, 4) is 0 Å². The summed E-state index contributed by atoms with van der Waals surface area (Å²) in [6.45, 7) is 3.18. The second-order valence-electron chi connectivity index (χ2n) is 5.79.